The van der Waals surface area contributed by atoms with Crippen LogP contribution < -0.4 is 18.9 Å². The van der Waals surface area contributed by atoms with Crippen LogP contribution in [0.3, 0.4) is 0 Å². The van der Waals surface area contributed by atoms with Crippen molar-refractivity contribution in [1.29, 1.82) is 10.5 Å². The van der Waals surface area contributed by atoms with E-state index < -0.39 is 0 Å². The number of nitrogens with zero attached hydrogens (tertiary/aromatic N) is 2. The lowest BCUT2D eigenvalue weighted by atomic mass is 9.97. The van der Waals surface area contributed by atoms with E-state index in [1.54, 1.807) is 0 Å². The molecule has 0 saturated carbocycles. The summed E-state index contributed by atoms with van der Waals surface area (Å²) in [7, 11) is 0. The molecule has 0 N–H and O–H groups in total. The average molecular weight is 1050 g/mol. The number of hydrogen-bond acceptors (Lipinski definition) is 6. The second kappa shape index (κ2) is 38.7. The SMILES string of the molecule is CCCCCCCCOc1cc(/C=C/c2ccccc2)c(OCCCCCCCC)cc1/C=C(\C#N)c1ccc(/C(C#N)=C/c2cc(OCCCCCCCC)c(/C=C/c3ccccc3)cc2OCCCCCCCC)cc1. The zero-order valence-electron chi connectivity index (χ0n) is 48.2. The predicted molar refractivity (Wildman–Crippen MR) is 333 cm³/mol. The zero-order valence-corrected chi connectivity index (χ0v) is 48.2. The fourth-order valence-corrected chi connectivity index (χ4v) is 9.43. The molecular weight excluding hydrogens is 957 g/mol. The fourth-order valence-electron chi connectivity index (χ4n) is 9.43. The highest BCUT2D eigenvalue weighted by Crippen LogP contribution is 2.37. The Morgan fingerprint density at radius 1 is 0.333 bits per heavy atom. The summed E-state index contributed by atoms with van der Waals surface area (Å²) in [6, 6.07) is 41.6. The fraction of sp³-hybridized carbons (Fsp3) is 0.444. The molecule has 5 rings (SSSR count). The number of rotatable bonds is 40. The quantitative estimate of drug-likeness (QED) is 0.0221. The Bertz CT molecular complexity index is 2470. The van der Waals surface area contributed by atoms with E-state index in [9.17, 15) is 10.5 Å². The van der Waals surface area contributed by atoms with Crippen molar-refractivity contribution in [2.24, 2.45) is 0 Å². The lowest BCUT2D eigenvalue weighted by molar-refractivity contribution is 0.295. The van der Waals surface area contributed by atoms with Gasteiger partial charge in [-0.05, 0) is 84.4 Å². The Morgan fingerprint density at radius 3 is 0.897 bits per heavy atom. The van der Waals surface area contributed by atoms with Crippen LogP contribution in [0.25, 0.3) is 47.6 Å². The molecule has 0 fully saturated rings. The Labute approximate surface area is 471 Å². The molecule has 0 saturated heterocycles. The van der Waals surface area contributed by atoms with Gasteiger partial charge >= 0.3 is 0 Å². The van der Waals surface area contributed by atoms with E-state index in [-0.39, 0.29) is 0 Å². The third-order valence-electron chi connectivity index (χ3n) is 14.2. The first kappa shape index (κ1) is 62.1. The molecule has 0 atom stereocenters. The van der Waals surface area contributed by atoms with Crippen LogP contribution in [-0.2, 0) is 0 Å². The van der Waals surface area contributed by atoms with Gasteiger partial charge in [0.05, 0.1) is 49.7 Å². The van der Waals surface area contributed by atoms with Gasteiger partial charge in [-0.25, -0.2) is 0 Å². The molecule has 0 amide bonds. The predicted octanol–water partition coefficient (Wildman–Crippen LogP) is 21.1. The maximum absolute atomic E-state index is 10.8. The van der Waals surface area contributed by atoms with Crippen LogP contribution >= 0.6 is 0 Å². The molecule has 78 heavy (non-hydrogen) atoms. The van der Waals surface area contributed by atoms with Gasteiger partial charge in [-0.2, -0.15) is 10.5 Å². The van der Waals surface area contributed by atoms with Gasteiger partial charge in [-0.3, -0.25) is 0 Å². The van der Waals surface area contributed by atoms with Gasteiger partial charge < -0.3 is 18.9 Å². The van der Waals surface area contributed by atoms with Crippen molar-refractivity contribution in [3.63, 3.8) is 0 Å². The topological polar surface area (TPSA) is 84.5 Å². The summed E-state index contributed by atoms with van der Waals surface area (Å²) in [5.41, 5.74) is 8.10. The average Bonchev–Trinajstić information content (AvgIpc) is 3.52. The minimum Gasteiger partial charge on any atom is -0.493 e. The highest BCUT2D eigenvalue weighted by Gasteiger charge is 2.16. The van der Waals surface area contributed by atoms with Gasteiger partial charge in [0.1, 0.15) is 23.0 Å². The standard InChI is InChI=1S/C72H92N2O4/c1-5-9-13-17-21-31-47-75-69-55-65(71(77-49-33-23-19-15-11-7-3)53-63(69)41-39-59-35-27-25-28-36-59)51-67(57-73)61-43-45-62(46-44-61)68(58-74)52-66-56-70(76-48-32-22-18-14-10-6-2)64(42-40-60-37-29-26-30-38-60)54-72(66)78-50-34-24-20-16-12-8-4/h25-30,35-46,51-56H,5-24,31-34,47-50H2,1-4H3/b41-39+,42-40+,67-51+,68-52+. The molecule has 6 nitrogen and oxygen atoms in total. The minimum absolute atomic E-state index is 0.486. The van der Waals surface area contributed by atoms with Crippen molar-refractivity contribution < 1.29 is 18.9 Å². The van der Waals surface area contributed by atoms with E-state index in [0.717, 1.165) is 107 Å². The molecule has 0 unspecified atom stereocenters. The summed E-state index contributed by atoms with van der Waals surface area (Å²) in [5, 5.41) is 21.6. The maximum atomic E-state index is 10.8. The third kappa shape index (κ3) is 23.5. The lowest BCUT2D eigenvalue weighted by Gasteiger charge is -2.16. The Kier molecular flexibility index (Phi) is 30.8. The van der Waals surface area contributed by atoms with E-state index in [1.807, 2.05) is 84.9 Å². The summed E-state index contributed by atoms with van der Waals surface area (Å²) in [5.74, 6) is 2.95. The van der Waals surface area contributed by atoms with Crippen molar-refractivity contribution in [3.05, 3.63) is 154 Å². The largest absolute Gasteiger partial charge is 0.493 e. The first-order valence-corrected chi connectivity index (χ1v) is 30.2. The molecular formula is C72H92N2O4. The van der Waals surface area contributed by atoms with Crippen molar-refractivity contribution in [3.8, 4) is 35.1 Å². The first-order valence-electron chi connectivity index (χ1n) is 30.2. The summed E-state index contributed by atoms with van der Waals surface area (Å²) in [6.45, 7) is 11.4. The summed E-state index contributed by atoms with van der Waals surface area (Å²) >= 11 is 0. The highest BCUT2D eigenvalue weighted by molar-refractivity contribution is 5.94. The van der Waals surface area contributed by atoms with Crippen LogP contribution in [0.15, 0.2) is 109 Å². The maximum Gasteiger partial charge on any atom is 0.127 e. The van der Waals surface area contributed by atoms with Crippen LogP contribution in [0.4, 0.5) is 0 Å². The summed E-state index contributed by atoms with van der Waals surface area (Å²) < 4.78 is 26.4. The van der Waals surface area contributed by atoms with Gasteiger partial charge in [0.15, 0.2) is 0 Å². The van der Waals surface area contributed by atoms with Crippen molar-refractivity contribution in [2.75, 3.05) is 26.4 Å². The van der Waals surface area contributed by atoms with Crippen molar-refractivity contribution in [1.82, 2.24) is 0 Å². The molecule has 5 aromatic carbocycles. The van der Waals surface area contributed by atoms with Crippen LogP contribution in [0.5, 0.6) is 23.0 Å². The normalized spacial score (nSPS) is 11.8. The molecule has 0 bridgehead atoms. The van der Waals surface area contributed by atoms with Crippen LogP contribution in [-0.4, -0.2) is 26.4 Å². The first-order chi connectivity index (χ1) is 38.5. The smallest absolute Gasteiger partial charge is 0.127 e. The van der Waals surface area contributed by atoms with Crippen LogP contribution in [0.2, 0.25) is 0 Å². The molecule has 0 aromatic heterocycles. The molecule has 0 spiro atoms. The number of unbranched alkanes of at least 4 members (excludes halogenated alkanes) is 20. The Balaban J connectivity index is 1.50. The monoisotopic (exact) mass is 1050 g/mol. The molecule has 0 radical (unpaired) electrons. The van der Waals surface area contributed by atoms with E-state index in [1.165, 1.54) is 103 Å². The zero-order chi connectivity index (χ0) is 55.1. The number of hydrogen-bond donors (Lipinski definition) is 0. The molecule has 0 aliphatic rings. The molecule has 0 heterocycles. The Morgan fingerprint density at radius 2 is 0.603 bits per heavy atom. The van der Waals surface area contributed by atoms with Crippen LogP contribution in [0.1, 0.15) is 226 Å². The molecule has 0 aliphatic carbocycles. The van der Waals surface area contributed by atoms with E-state index in [2.05, 4.69) is 101 Å². The van der Waals surface area contributed by atoms with E-state index >= 15 is 0 Å². The number of allylic oxidation sites excluding steroid dienone is 2. The molecule has 0 aliphatic heterocycles. The van der Waals surface area contributed by atoms with Crippen LogP contribution in [0, 0.1) is 22.7 Å². The second-order valence-corrected chi connectivity index (χ2v) is 20.7. The van der Waals surface area contributed by atoms with Gasteiger partial charge in [0, 0.05) is 22.3 Å². The van der Waals surface area contributed by atoms with Gasteiger partial charge in [-0.1, -0.05) is 265 Å². The minimum atomic E-state index is 0.486. The van der Waals surface area contributed by atoms with Crippen molar-refractivity contribution >= 4 is 47.6 Å². The third-order valence-corrected chi connectivity index (χ3v) is 14.2. The second-order valence-electron chi connectivity index (χ2n) is 20.7. The summed E-state index contributed by atoms with van der Waals surface area (Å²) in [6.07, 6.45) is 40.3. The molecule has 414 valence electrons. The summed E-state index contributed by atoms with van der Waals surface area (Å²) in [4.78, 5) is 0. The van der Waals surface area contributed by atoms with Gasteiger partial charge in [-0.15, -0.1) is 0 Å². The lowest BCUT2D eigenvalue weighted by Crippen LogP contribution is -2.03. The molecule has 6 heteroatoms. The highest BCUT2D eigenvalue weighted by atomic mass is 16.5. The van der Waals surface area contributed by atoms with Gasteiger partial charge in [0.2, 0.25) is 0 Å². The van der Waals surface area contributed by atoms with Crippen molar-refractivity contribution in [2.45, 2.75) is 182 Å². The van der Waals surface area contributed by atoms with E-state index in [4.69, 9.17) is 18.9 Å². The van der Waals surface area contributed by atoms with Gasteiger partial charge in [0.25, 0.3) is 0 Å². The Hall–Kier alpha value is -6.76. The number of nitriles is 2. The molecule has 5 aromatic rings. The number of benzene rings is 5. The number of ether oxygens (including phenoxy) is 4. The van der Waals surface area contributed by atoms with E-state index in [0.29, 0.717) is 49.1 Å².